The molecule has 2 heterocycles. The molecule has 0 bridgehead atoms. The Morgan fingerprint density at radius 1 is 1.13 bits per heavy atom. The van der Waals surface area contributed by atoms with Crippen molar-refractivity contribution in [2.75, 3.05) is 20.2 Å². The van der Waals surface area contributed by atoms with Crippen molar-refractivity contribution in [1.82, 2.24) is 15.0 Å². The Kier molecular flexibility index (Phi) is 6.52. The van der Waals surface area contributed by atoms with E-state index in [0.717, 1.165) is 30.5 Å². The fourth-order valence-electron chi connectivity index (χ4n) is 3.90. The number of ketones is 1. The molecule has 7 nitrogen and oxygen atoms in total. The van der Waals surface area contributed by atoms with Gasteiger partial charge in [-0.15, -0.1) is 0 Å². The lowest BCUT2D eigenvalue weighted by Gasteiger charge is -2.30. The zero-order chi connectivity index (χ0) is 21.6. The second-order valence-corrected chi connectivity index (χ2v) is 7.78. The Labute approximate surface area is 181 Å². The largest absolute Gasteiger partial charge is 0.465 e. The van der Waals surface area contributed by atoms with Crippen molar-refractivity contribution < 1.29 is 18.8 Å². The molecule has 1 aliphatic rings. The van der Waals surface area contributed by atoms with Crippen LogP contribution in [0.25, 0.3) is 11.4 Å². The van der Waals surface area contributed by atoms with E-state index >= 15 is 0 Å². The van der Waals surface area contributed by atoms with Crippen LogP contribution in [0.2, 0.25) is 0 Å². The van der Waals surface area contributed by atoms with Crippen LogP contribution >= 0.6 is 0 Å². The van der Waals surface area contributed by atoms with Gasteiger partial charge in [-0.05, 0) is 37.1 Å². The maximum atomic E-state index is 12.7. The van der Waals surface area contributed by atoms with E-state index in [2.05, 4.69) is 15.0 Å². The van der Waals surface area contributed by atoms with E-state index in [1.54, 1.807) is 24.3 Å². The lowest BCUT2D eigenvalue weighted by molar-refractivity contribution is -0.124. The molecule has 0 amide bonds. The van der Waals surface area contributed by atoms with Gasteiger partial charge in [0.15, 0.2) is 0 Å². The van der Waals surface area contributed by atoms with Crippen LogP contribution in [0.15, 0.2) is 59.1 Å². The number of likely N-dealkylation sites (tertiary alicyclic amines) is 1. The van der Waals surface area contributed by atoms with Crippen molar-refractivity contribution in [2.45, 2.75) is 25.8 Å². The van der Waals surface area contributed by atoms with E-state index < -0.39 is 0 Å². The van der Waals surface area contributed by atoms with Crippen LogP contribution in [0.1, 0.15) is 34.7 Å². The molecule has 0 N–H and O–H groups in total. The van der Waals surface area contributed by atoms with Gasteiger partial charge in [-0.1, -0.05) is 47.6 Å². The number of aromatic nitrogens is 2. The SMILES string of the molecule is COC(=O)c1ccc(-c2noc(CN3CCCC(C(=O)Cc4ccccc4)C3)n2)cc1. The number of rotatable bonds is 7. The minimum Gasteiger partial charge on any atom is -0.465 e. The van der Waals surface area contributed by atoms with Crippen molar-refractivity contribution in [3.63, 3.8) is 0 Å². The van der Waals surface area contributed by atoms with Gasteiger partial charge in [0.25, 0.3) is 0 Å². The molecule has 1 unspecified atom stereocenters. The standard InChI is InChI=1S/C24H25N3O4/c1-30-24(29)19-11-9-18(10-12-19)23-25-22(31-26-23)16-27-13-5-8-20(15-27)21(28)14-17-6-3-2-4-7-17/h2-4,6-7,9-12,20H,5,8,13-16H2,1H3. The summed E-state index contributed by atoms with van der Waals surface area (Å²) in [5.41, 5.74) is 2.29. The molecule has 1 fully saturated rings. The number of esters is 1. The summed E-state index contributed by atoms with van der Waals surface area (Å²) in [4.78, 5) is 31.0. The van der Waals surface area contributed by atoms with Gasteiger partial charge in [0.1, 0.15) is 5.78 Å². The van der Waals surface area contributed by atoms with Gasteiger partial charge in [0, 0.05) is 24.4 Å². The average Bonchev–Trinajstić information content (AvgIpc) is 3.28. The number of piperidine rings is 1. The third kappa shape index (κ3) is 5.24. The van der Waals surface area contributed by atoms with Crippen LogP contribution in [-0.4, -0.2) is 47.0 Å². The third-order valence-corrected chi connectivity index (χ3v) is 5.57. The van der Waals surface area contributed by atoms with Gasteiger partial charge in [-0.2, -0.15) is 4.98 Å². The molecule has 1 aromatic heterocycles. The Morgan fingerprint density at radius 2 is 1.90 bits per heavy atom. The monoisotopic (exact) mass is 419 g/mol. The molecule has 0 aliphatic carbocycles. The van der Waals surface area contributed by atoms with E-state index in [1.165, 1.54) is 7.11 Å². The minimum absolute atomic E-state index is 0.0298. The maximum absolute atomic E-state index is 12.7. The fraction of sp³-hybridized carbons (Fsp3) is 0.333. The Hall–Kier alpha value is -3.32. The quantitative estimate of drug-likeness (QED) is 0.542. The van der Waals surface area contributed by atoms with Gasteiger partial charge < -0.3 is 9.26 Å². The molecule has 0 radical (unpaired) electrons. The van der Waals surface area contributed by atoms with Crippen molar-refractivity contribution in [1.29, 1.82) is 0 Å². The first kappa shape index (κ1) is 20.9. The molecular formula is C24H25N3O4. The topological polar surface area (TPSA) is 85.5 Å². The number of carbonyl (C=O) groups excluding carboxylic acids is 2. The van der Waals surface area contributed by atoms with E-state index in [9.17, 15) is 9.59 Å². The zero-order valence-electron chi connectivity index (χ0n) is 17.5. The first-order valence-electron chi connectivity index (χ1n) is 10.4. The second kappa shape index (κ2) is 9.66. The molecule has 1 saturated heterocycles. The van der Waals surface area contributed by atoms with Crippen molar-refractivity contribution in [3.8, 4) is 11.4 Å². The first-order chi connectivity index (χ1) is 15.1. The number of benzene rings is 2. The molecule has 1 aliphatic heterocycles. The Morgan fingerprint density at radius 3 is 2.65 bits per heavy atom. The molecule has 160 valence electrons. The third-order valence-electron chi connectivity index (χ3n) is 5.57. The Bertz CT molecular complexity index is 1030. The predicted molar refractivity (Wildman–Crippen MR) is 114 cm³/mol. The number of methoxy groups -OCH3 is 1. The normalized spacial score (nSPS) is 16.7. The molecule has 0 spiro atoms. The van der Waals surface area contributed by atoms with Crippen molar-refractivity contribution in [3.05, 3.63) is 71.6 Å². The molecular weight excluding hydrogens is 394 g/mol. The summed E-state index contributed by atoms with van der Waals surface area (Å²) in [6.45, 7) is 2.13. The van der Waals surface area contributed by atoms with Gasteiger partial charge in [0.2, 0.25) is 11.7 Å². The van der Waals surface area contributed by atoms with Crippen LogP contribution in [0, 0.1) is 5.92 Å². The number of nitrogens with zero attached hydrogens (tertiary/aromatic N) is 3. The zero-order valence-corrected chi connectivity index (χ0v) is 17.5. The summed E-state index contributed by atoms with van der Waals surface area (Å²) < 4.78 is 10.1. The number of carbonyl (C=O) groups is 2. The van der Waals surface area contributed by atoms with Crippen LogP contribution in [0.3, 0.4) is 0 Å². The van der Waals surface area contributed by atoms with Crippen LogP contribution in [-0.2, 0) is 22.5 Å². The smallest absolute Gasteiger partial charge is 0.337 e. The van der Waals surface area contributed by atoms with Gasteiger partial charge >= 0.3 is 5.97 Å². The summed E-state index contributed by atoms with van der Waals surface area (Å²) in [6.07, 6.45) is 2.37. The summed E-state index contributed by atoms with van der Waals surface area (Å²) in [6, 6.07) is 16.8. The lowest BCUT2D eigenvalue weighted by atomic mass is 9.90. The predicted octanol–water partition coefficient (Wildman–Crippen LogP) is 3.55. The minimum atomic E-state index is -0.387. The fourth-order valence-corrected chi connectivity index (χ4v) is 3.90. The number of hydrogen-bond acceptors (Lipinski definition) is 7. The van der Waals surface area contributed by atoms with E-state index in [1.807, 2.05) is 30.3 Å². The summed E-state index contributed by atoms with van der Waals surface area (Å²) in [7, 11) is 1.35. The van der Waals surface area contributed by atoms with Crippen molar-refractivity contribution >= 4 is 11.8 Å². The Balaban J connectivity index is 1.35. The lowest BCUT2D eigenvalue weighted by Crippen LogP contribution is -2.38. The molecule has 2 aromatic carbocycles. The molecule has 4 rings (SSSR count). The molecule has 1 atom stereocenters. The highest BCUT2D eigenvalue weighted by Crippen LogP contribution is 2.22. The number of Topliss-reactive ketones (excluding diaryl/α,β-unsaturated/α-hetero) is 1. The highest BCUT2D eigenvalue weighted by Gasteiger charge is 2.26. The van der Waals surface area contributed by atoms with Gasteiger partial charge in [-0.25, -0.2) is 4.79 Å². The average molecular weight is 419 g/mol. The number of ether oxygens (including phenoxy) is 1. The molecule has 0 saturated carbocycles. The van der Waals surface area contributed by atoms with Crippen LogP contribution in [0.5, 0.6) is 0 Å². The summed E-state index contributed by atoms with van der Waals surface area (Å²) in [5.74, 6) is 0.917. The van der Waals surface area contributed by atoms with Crippen LogP contribution < -0.4 is 0 Å². The molecule has 31 heavy (non-hydrogen) atoms. The van der Waals surface area contributed by atoms with E-state index in [-0.39, 0.29) is 17.7 Å². The first-order valence-corrected chi connectivity index (χ1v) is 10.4. The van der Waals surface area contributed by atoms with Crippen LogP contribution in [0.4, 0.5) is 0 Å². The second-order valence-electron chi connectivity index (χ2n) is 7.78. The molecule has 3 aromatic rings. The van der Waals surface area contributed by atoms with E-state index in [4.69, 9.17) is 9.26 Å². The highest BCUT2D eigenvalue weighted by atomic mass is 16.5. The highest BCUT2D eigenvalue weighted by molar-refractivity contribution is 5.89. The summed E-state index contributed by atoms with van der Waals surface area (Å²) >= 11 is 0. The summed E-state index contributed by atoms with van der Waals surface area (Å²) in [5, 5.41) is 4.06. The maximum Gasteiger partial charge on any atom is 0.337 e. The van der Waals surface area contributed by atoms with Crippen molar-refractivity contribution in [2.24, 2.45) is 5.92 Å². The van der Waals surface area contributed by atoms with Gasteiger partial charge in [-0.3, -0.25) is 9.69 Å². The number of hydrogen-bond donors (Lipinski definition) is 0. The van der Waals surface area contributed by atoms with Gasteiger partial charge in [0.05, 0.1) is 19.2 Å². The van der Waals surface area contributed by atoms with E-state index in [0.29, 0.717) is 36.8 Å². The molecule has 7 heteroatoms.